The number of aromatic nitrogens is 1. The van der Waals surface area contributed by atoms with Crippen LogP contribution in [-0.4, -0.2) is 44.3 Å². The van der Waals surface area contributed by atoms with E-state index in [2.05, 4.69) is 14.2 Å². The van der Waals surface area contributed by atoms with Crippen LogP contribution in [0.25, 0.3) is 10.9 Å². The molecule has 0 amide bonds. The second-order valence-corrected chi connectivity index (χ2v) is 8.45. The number of hydrogen-bond donors (Lipinski definition) is 1. The highest BCUT2D eigenvalue weighted by atomic mass is 32.2. The van der Waals surface area contributed by atoms with Gasteiger partial charge < -0.3 is 9.47 Å². The molecule has 0 radical (unpaired) electrons. The molecule has 0 aliphatic heterocycles. The Balaban J connectivity index is 1.82. The van der Waals surface area contributed by atoms with Crippen LogP contribution >= 0.6 is 0 Å². The van der Waals surface area contributed by atoms with Crippen LogP contribution in [-0.2, 0) is 16.6 Å². The molecule has 0 fully saturated rings. The summed E-state index contributed by atoms with van der Waals surface area (Å²) in [7, 11) is 0.345. The van der Waals surface area contributed by atoms with E-state index in [9.17, 15) is 13.2 Å². The largest absolute Gasteiger partial charge is 0.346 e. The van der Waals surface area contributed by atoms with Crippen molar-refractivity contribution in [3.8, 4) is 0 Å². The SMILES string of the molecule is CC(=O)c1ccc(S(=O)(=O)Nc2ccc3c(ccn3CCN(C)C)c2)cc1. The lowest BCUT2D eigenvalue weighted by Crippen LogP contribution is -2.17. The molecule has 7 heteroatoms. The molecule has 6 nitrogen and oxygen atoms in total. The molecule has 1 aromatic heterocycles. The Bertz CT molecular complexity index is 1070. The van der Waals surface area contributed by atoms with Crippen molar-refractivity contribution >= 4 is 32.4 Å². The van der Waals surface area contributed by atoms with E-state index in [-0.39, 0.29) is 10.7 Å². The molecule has 1 heterocycles. The van der Waals surface area contributed by atoms with Crippen molar-refractivity contribution in [1.29, 1.82) is 0 Å². The first-order chi connectivity index (χ1) is 12.8. The van der Waals surface area contributed by atoms with Gasteiger partial charge in [0.2, 0.25) is 0 Å². The number of carbonyl (C=O) groups is 1. The third-order valence-corrected chi connectivity index (χ3v) is 5.78. The smallest absolute Gasteiger partial charge is 0.261 e. The van der Waals surface area contributed by atoms with Crippen molar-refractivity contribution < 1.29 is 13.2 Å². The van der Waals surface area contributed by atoms with Gasteiger partial charge in [-0.15, -0.1) is 0 Å². The van der Waals surface area contributed by atoms with Crippen LogP contribution in [0.4, 0.5) is 5.69 Å². The van der Waals surface area contributed by atoms with Crippen molar-refractivity contribution in [3.63, 3.8) is 0 Å². The van der Waals surface area contributed by atoms with Crippen molar-refractivity contribution in [1.82, 2.24) is 9.47 Å². The third kappa shape index (κ3) is 4.37. The van der Waals surface area contributed by atoms with Gasteiger partial charge in [-0.2, -0.15) is 0 Å². The van der Waals surface area contributed by atoms with Gasteiger partial charge >= 0.3 is 0 Å². The van der Waals surface area contributed by atoms with E-state index < -0.39 is 10.0 Å². The summed E-state index contributed by atoms with van der Waals surface area (Å²) in [6.45, 7) is 3.24. The normalized spacial score (nSPS) is 11.9. The second-order valence-electron chi connectivity index (χ2n) is 6.77. The molecule has 3 rings (SSSR count). The Labute approximate surface area is 159 Å². The molecule has 27 heavy (non-hydrogen) atoms. The van der Waals surface area contributed by atoms with Gasteiger partial charge in [-0.1, -0.05) is 12.1 Å². The predicted octanol–water partition coefficient (Wildman–Crippen LogP) is 3.21. The Morgan fingerprint density at radius 2 is 1.78 bits per heavy atom. The van der Waals surface area contributed by atoms with E-state index in [4.69, 9.17) is 0 Å². The van der Waals surface area contributed by atoms with E-state index in [0.29, 0.717) is 11.3 Å². The fourth-order valence-electron chi connectivity index (χ4n) is 2.85. The van der Waals surface area contributed by atoms with Gasteiger partial charge in [0.1, 0.15) is 0 Å². The lowest BCUT2D eigenvalue weighted by Gasteiger charge is -2.12. The minimum Gasteiger partial charge on any atom is -0.346 e. The fourth-order valence-corrected chi connectivity index (χ4v) is 3.90. The van der Waals surface area contributed by atoms with Gasteiger partial charge in [-0.25, -0.2) is 8.42 Å². The summed E-state index contributed by atoms with van der Waals surface area (Å²) in [5.41, 5.74) is 2.04. The number of carbonyl (C=O) groups excluding carboxylic acids is 1. The average Bonchev–Trinajstić information content (AvgIpc) is 3.02. The summed E-state index contributed by atoms with van der Waals surface area (Å²) >= 11 is 0. The Kier molecular flexibility index (Phi) is 5.34. The molecule has 0 saturated heterocycles. The van der Waals surface area contributed by atoms with Crippen LogP contribution < -0.4 is 4.72 Å². The molecular formula is C20H23N3O3S. The van der Waals surface area contributed by atoms with E-state index in [0.717, 1.165) is 24.0 Å². The topological polar surface area (TPSA) is 71.4 Å². The zero-order valence-electron chi connectivity index (χ0n) is 15.6. The van der Waals surface area contributed by atoms with E-state index in [1.807, 2.05) is 38.5 Å². The molecule has 0 atom stereocenters. The first-order valence-corrected chi connectivity index (χ1v) is 10.1. The molecule has 142 valence electrons. The number of nitrogens with one attached hydrogen (secondary N) is 1. The van der Waals surface area contributed by atoms with Gasteiger partial charge in [0.25, 0.3) is 10.0 Å². The molecule has 0 aliphatic rings. The Morgan fingerprint density at radius 3 is 2.41 bits per heavy atom. The number of ketones is 1. The molecule has 0 unspecified atom stereocenters. The molecule has 0 aliphatic carbocycles. The lowest BCUT2D eigenvalue weighted by atomic mass is 10.2. The number of fused-ring (bicyclic) bond motifs is 1. The number of benzene rings is 2. The summed E-state index contributed by atoms with van der Waals surface area (Å²) in [4.78, 5) is 13.6. The van der Waals surface area contributed by atoms with Crippen LogP contribution in [0.2, 0.25) is 0 Å². The summed E-state index contributed by atoms with van der Waals surface area (Å²) in [5.74, 6) is -0.101. The van der Waals surface area contributed by atoms with E-state index >= 15 is 0 Å². The molecule has 3 aromatic rings. The van der Waals surface area contributed by atoms with Gasteiger partial charge in [0.05, 0.1) is 4.90 Å². The Hall–Kier alpha value is -2.64. The van der Waals surface area contributed by atoms with E-state index in [1.54, 1.807) is 6.07 Å². The summed E-state index contributed by atoms with van der Waals surface area (Å²) in [6.07, 6.45) is 2.01. The molecule has 0 bridgehead atoms. The minimum absolute atomic E-state index is 0.101. The molecule has 0 spiro atoms. The first-order valence-electron chi connectivity index (χ1n) is 8.64. The van der Waals surface area contributed by atoms with Crippen molar-refractivity contribution in [2.45, 2.75) is 18.4 Å². The number of Topliss-reactive ketones (excluding diaryl/α,β-unsaturated/α-hetero) is 1. The predicted molar refractivity (Wildman–Crippen MR) is 108 cm³/mol. The highest BCUT2D eigenvalue weighted by molar-refractivity contribution is 7.92. The number of anilines is 1. The number of hydrogen-bond acceptors (Lipinski definition) is 4. The summed E-state index contributed by atoms with van der Waals surface area (Å²) in [6, 6.07) is 13.4. The van der Waals surface area contributed by atoms with E-state index in [1.165, 1.54) is 31.2 Å². The average molecular weight is 385 g/mol. The third-order valence-electron chi connectivity index (χ3n) is 4.38. The lowest BCUT2D eigenvalue weighted by molar-refractivity contribution is 0.101. The maximum atomic E-state index is 12.6. The maximum Gasteiger partial charge on any atom is 0.261 e. The van der Waals surface area contributed by atoms with Crippen molar-refractivity contribution in [2.75, 3.05) is 25.4 Å². The summed E-state index contributed by atoms with van der Waals surface area (Å²) < 4.78 is 29.9. The monoisotopic (exact) mass is 385 g/mol. The quantitative estimate of drug-likeness (QED) is 0.634. The van der Waals surface area contributed by atoms with Gasteiger partial charge in [0.15, 0.2) is 5.78 Å². The van der Waals surface area contributed by atoms with Crippen LogP contribution in [0.5, 0.6) is 0 Å². The molecule has 2 aromatic carbocycles. The number of rotatable bonds is 7. The zero-order valence-corrected chi connectivity index (χ0v) is 16.5. The molecular weight excluding hydrogens is 362 g/mol. The molecule has 1 N–H and O–H groups in total. The standard InChI is InChI=1S/C20H23N3O3S/c1-15(24)16-4-7-19(8-5-16)27(25,26)21-18-6-9-20-17(14-18)10-11-23(20)13-12-22(2)3/h4-11,14,21H,12-13H2,1-3H3. The van der Waals surface area contributed by atoms with Gasteiger partial charge in [-0.3, -0.25) is 9.52 Å². The van der Waals surface area contributed by atoms with Gasteiger partial charge in [0, 0.05) is 41.4 Å². The van der Waals surface area contributed by atoms with Crippen LogP contribution in [0, 0.1) is 0 Å². The van der Waals surface area contributed by atoms with Crippen molar-refractivity contribution in [2.24, 2.45) is 0 Å². The van der Waals surface area contributed by atoms with Crippen molar-refractivity contribution in [3.05, 3.63) is 60.3 Å². The van der Waals surface area contributed by atoms with Crippen LogP contribution in [0.1, 0.15) is 17.3 Å². The highest BCUT2D eigenvalue weighted by Gasteiger charge is 2.15. The minimum atomic E-state index is -3.71. The number of nitrogens with zero attached hydrogens (tertiary/aromatic N) is 2. The fraction of sp³-hybridized carbons (Fsp3) is 0.250. The summed E-state index contributed by atoms with van der Waals surface area (Å²) in [5, 5.41) is 0.973. The van der Waals surface area contributed by atoms with Crippen LogP contribution in [0.15, 0.2) is 59.6 Å². The Morgan fingerprint density at radius 1 is 1.07 bits per heavy atom. The zero-order chi connectivity index (χ0) is 19.6. The number of likely N-dealkylation sites (N-methyl/N-ethyl adjacent to an activating group) is 1. The second kappa shape index (κ2) is 7.54. The van der Waals surface area contributed by atoms with Crippen LogP contribution in [0.3, 0.4) is 0 Å². The maximum absolute atomic E-state index is 12.6. The first kappa shape index (κ1) is 19.1. The van der Waals surface area contributed by atoms with Gasteiger partial charge in [-0.05, 0) is 57.4 Å². The number of sulfonamides is 1. The molecule has 0 saturated carbocycles. The highest BCUT2D eigenvalue weighted by Crippen LogP contribution is 2.23.